The number of benzene rings is 2. The van der Waals surface area contributed by atoms with Crippen LogP contribution >= 0.6 is 0 Å². The molecule has 44 heavy (non-hydrogen) atoms. The van der Waals surface area contributed by atoms with Gasteiger partial charge in [0.05, 0.1) is 20.8 Å². The molecule has 2 rings (SSSR count). The molecule has 2 aromatic rings. The number of nitrogens with zero attached hydrogens (tertiary/aromatic N) is 1. The number of methoxy groups -OCH3 is 2. The van der Waals surface area contributed by atoms with E-state index in [-0.39, 0.29) is 13.1 Å². The van der Waals surface area contributed by atoms with Gasteiger partial charge in [0.2, 0.25) is 0 Å². The lowest BCUT2D eigenvalue weighted by molar-refractivity contribution is -0.140. The molecule has 0 atom stereocenters. The summed E-state index contributed by atoms with van der Waals surface area (Å²) in [7, 11) is 2.65. The second-order valence-corrected chi connectivity index (χ2v) is 11.6. The molecule has 0 saturated heterocycles. The van der Waals surface area contributed by atoms with Crippen LogP contribution in [0.15, 0.2) is 48.5 Å². The minimum absolute atomic E-state index is 0.105. The monoisotopic (exact) mass is 611 g/mol. The van der Waals surface area contributed by atoms with Crippen molar-refractivity contribution in [3.05, 3.63) is 54.1 Å². The van der Waals surface area contributed by atoms with Crippen LogP contribution in [-0.4, -0.2) is 45.9 Å². The first-order chi connectivity index (χ1) is 21.5. The zero-order valence-electron chi connectivity index (χ0n) is 27.7. The quantitative estimate of drug-likeness (QED) is 0.0776. The van der Waals surface area contributed by atoms with Crippen molar-refractivity contribution in [1.29, 1.82) is 0 Å². The Morgan fingerprint density at radius 1 is 0.591 bits per heavy atom. The number of rotatable bonds is 26. The van der Waals surface area contributed by atoms with Gasteiger partial charge >= 0.3 is 11.9 Å². The Bertz CT molecular complexity index is 1010. The van der Waals surface area contributed by atoms with Crippen molar-refractivity contribution >= 4 is 17.6 Å². The van der Waals surface area contributed by atoms with E-state index in [9.17, 15) is 9.59 Å². The summed E-state index contributed by atoms with van der Waals surface area (Å²) in [6.07, 6.45) is 21.2. The maximum Gasteiger partial charge on any atom is 0.325 e. The van der Waals surface area contributed by atoms with E-state index in [1.165, 1.54) is 104 Å². The molecule has 0 aliphatic carbocycles. The fourth-order valence-corrected chi connectivity index (χ4v) is 5.17. The molecule has 0 aromatic heterocycles. The van der Waals surface area contributed by atoms with E-state index >= 15 is 0 Å². The Morgan fingerprint density at radius 3 is 1.52 bits per heavy atom. The van der Waals surface area contributed by atoms with Gasteiger partial charge in [-0.2, -0.15) is 0 Å². The van der Waals surface area contributed by atoms with Crippen LogP contribution in [0.5, 0.6) is 11.5 Å². The minimum atomic E-state index is -0.458. The summed E-state index contributed by atoms with van der Waals surface area (Å²) >= 11 is 0. The van der Waals surface area contributed by atoms with Gasteiger partial charge in [0, 0.05) is 23.9 Å². The molecular formula is C37H57NO6. The highest BCUT2D eigenvalue weighted by Gasteiger charge is 2.18. The fraction of sp³-hybridized carbons (Fsp3) is 0.622. The number of ether oxygens (including phenoxy) is 4. The summed E-state index contributed by atoms with van der Waals surface area (Å²) in [4.78, 5) is 25.8. The normalized spacial score (nSPS) is 10.8. The van der Waals surface area contributed by atoms with Gasteiger partial charge in [-0.05, 0) is 12.0 Å². The number of carbonyl (C=O) groups excluding carboxylic acids is 2. The fourth-order valence-electron chi connectivity index (χ4n) is 5.17. The Kier molecular flexibility index (Phi) is 20.3. The Balaban J connectivity index is 1.77. The summed E-state index contributed by atoms with van der Waals surface area (Å²) < 4.78 is 21.9. The summed E-state index contributed by atoms with van der Waals surface area (Å²) in [6.45, 7) is 3.04. The molecule has 2 aromatic carbocycles. The van der Waals surface area contributed by atoms with Crippen LogP contribution in [-0.2, 0) is 25.7 Å². The van der Waals surface area contributed by atoms with Crippen molar-refractivity contribution < 1.29 is 28.5 Å². The molecule has 0 radical (unpaired) electrons. The molecule has 7 nitrogen and oxygen atoms in total. The first kappa shape index (κ1) is 37.0. The predicted octanol–water partition coefficient (Wildman–Crippen LogP) is 9.06. The van der Waals surface area contributed by atoms with Crippen LogP contribution in [0.2, 0.25) is 0 Å². The second-order valence-electron chi connectivity index (χ2n) is 11.6. The number of esters is 2. The molecule has 0 unspecified atom stereocenters. The van der Waals surface area contributed by atoms with Crippen molar-refractivity contribution in [2.24, 2.45) is 0 Å². The molecule has 0 fully saturated rings. The van der Waals surface area contributed by atoms with E-state index < -0.39 is 11.9 Å². The average Bonchev–Trinajstić information content (AvgIpc) is 3.05. The number of carbonyl (C=O) groups is 2. The van der Waals surface area contributed by atoms with Gasteiger partial charge in [-0.15, -0.1) is 0 Å². The van der Waals surface area contributed by atoms with Crippen molar-refractivity contribution in [1.82, 2.24) is 0 Å². The molecule has 246 valence electrons. The van der Waals surface area contributed by atoms with Gasteiger partial charge in [-0.25, -0.2) is 0 Å². The highest BCUT2D eigenvalue weighted by atomic mass is 16.5. The smallest absolute Gasteiger partial charge is 0.325 e. The van der Waals surface area contributed by atoms with Gasteiger partial charge < -0.3 is 23.8 Å². The van der Waals surface area contributed by atoms with Crippen molar-refractivity contribution in [2.45, 2.75) is 116 Å². The maximum atomic E-state index is 12.1. The maximum absolute atomic E-state index is 12.1. The molecule has 0 bridgehead atoms. The Hall–Kier alpha value is -3.22. The molecule has 0 amide bonds. The van der Waals surface area contributed by atoms with E-state index in [0.29, 0.717) is 30.4 Å². The first-order valence-electron chi connectivity index (χ1n) is 16.9. The number of hydrogen-bond acceptors (Lipinski definition) is 7. The Morgan fingerprint density at radius 2 is 1.05 bits per heavy atom. The van der Waals surface area contributed by atoms with Gasteiger partial charge in [0.15, 0.2) is 0 Å². The van der Waals surface area contributed by atoms with Crippen LogP contribution < -0.4 is 14.4 Å². The average molecular weight is 612 g/mol. The number of unbranched alkanes of at least 4 members (excludes halogenated alkanes) is 15. The van der Waals surface area contributed by atoms with Crippen molar-refractivity contribution in [3.63, 3.8) is 0 Å². The lowest BCUT2D eigenvalue weighted by Gasteiger charge is -2.23. The van der Waals surface area contributed by atoms with Crippen LogP contribution in [0.4, 0.5) is 5.69 Å². The summed E-state index contributed by atoms with van der Waals surface area (Å²) in [6, 6.07) is 15.4. The van der Waals surface area contributed by atoms with Crippen molar-refractivity contribution in [3.8, 4) is 11.5 Å². The largest absolute Gasteiger partial charge is 0.493 e. The highest BCUT2D eigenvalue weighted by Crippen LogP contribution is 2.30. The minimum Gasteiger partial charge on any atom is -0.493 e. The van der Waals surface area contributed by atoms with Crippen LogP contribution in [0, 0.1) is 0 Å². The molecule has 0 aliphatic heterocycles. The van der Waals surface area contributed by atoms with E-state index in [1.54, 1.807) is 11.0 Å². The third-order valence-corrected chi connectivity index (χ3v) is 7.84. The van der Waals surface area contributed by atoms with Crippen molar-refractivity contribution in [2.75, 3.05) is 38.8 Å². The second kappa shape index (κ2) is 24.1. The van der Waals surface area contributed by atoms with Gasteiger partial charge in [-0.1, -0.05) is 134 Å². The van der Waals surface area contributed by atoms with E-state index in [1.807, 2.05) is 42.5 Å². The molecule has 0 heterocycles. The zero-order chi connectivity index (χ0) is 31.7. The third-order valence-electron chi connectivity index (χ3n) is 7.84. The van der Waals surface area contributed by atoms with Gasteiger partial charge in [0.25, 0.3) is 0 Å². The number of hydrogen-bond donors (Lipinski definition) is 0. The lowest BCUT2D eigenvalue weighted by Crippen LogP contribution is -2.35. The standard InChI is InChI=1S/C37H57NO6/c1-4-5-6-7-8-9-10-11-12-13-14-15-16-17-18-22-25-43-34-26-33(38(29-36(39)41-2)30-37(40)42-3)27-35(28-34)44-31-32-23-20-19-21-24-32/h19-21,23-24,26-28H,4-18,22,25,29-31H2,1-3H3. The van der Waals surface area contributed by atoms with E-state index in [4.69, 9.17) is 18.9 Å². The third kappa shape index (κ3) is 17.2. The van der Waals surface area contributed by atoms with Gasteiger partial charge in [-0.3, -0.25) is 9.59 Å². The summed E-state index contributed by atoms with van der Waals surface area (Å²) in [5, 5.41) is 0. The molecular weight excluding hydrogens is 554 g/mol. The lowest BCUT2D eigenvalue weighted by atomic mass is 10.0. The number of anilines is 1. The molecule has 0 aliphatic rings. The molecule has 0 spiro atoms. The summed E-state index contributed by atoms with van der Waals surface area (Å²) in [5.74, 6) is 0.305. The highest BCUT2D eigenvalue weighted by molar-refractivity contribution is 5.81. The molecule has 0 N–H and O–H groups in total. The molecule has 0 saturated carbocycles. The van der Waals surface area contributed by atoms with Crippen LogP contribution in [0.3, 0.4) is 0 Å². The summed E-state index contributed by atoms with van der Waals surface area (Å²) in [5.41, 5.74) is 1.66. The van der Waals surface area contributed by atoms with Crippen LogP contribution in [0.1, 0.15) is 115 Å². The van der Waals surface area contributed by atoms with E-state index in [0.717, 1.165) is 18.4 Å². The zero-order valence-corrected chi connectivity index (χ0v) is 27.7. The Labute approximate surface area is 266 Å². The van der Waals surface area contributed by atoms with Crippen LogP contribution in [0.25, 0.3) is 0 Å². The molecule has 7 heteroatoms. The first-order valence-corrected chi connectivity index (χ1v) is 16.9. The predicted molar refractivity (Wildman–Crippen MR) is 179 cm³/mol. The van der Waals surface area contributed by atoms with Gasteiger partial charge in [0.1, 0.15) is 31.2 Å². The topological polar surface area (TPSA) is 74.3 Å². The SMILES string of the molecule is CCCCCCCCCCCCCCCCCCOc1cc(OCc2ccccc2)cc(N(CC(=O)OC)CC(=O)OC)c1. The van der Waals surface area contributed by atoms with E-state index in [2.05, 4.69) is 6.92 Å².